The Labute approximate surface area is 198 Å². The summed E-state index contributed by atoms with van der Waals surface area (Å²) in [6.07, 6.45) is 3.05. The van der Waals surface area contributed by atoms with Crippen molar-refractivity contribution in [2.24, 2.45) is 7.05 Å². The van der Waals surface area contributed by atoms with Crippen LogP contribution in [-0.2, 0) is 33.2 Å². The van der Waals surface area contributed by atoms with Gasteiger partial charge in [0.2, 0.25) is 10.0 Å². The van der Waals surface area contributed by atoms with E-state index < -0.39 is 22.0 Å². The molecule has 0 spiro atoms. The molecular formula is C24H27N3O6S. The second-order valence-corrected chi connectivity index (χ2v) is 10.1. The quantitative estimate of drug-likeness (QED) is 0.473. The topological polar surface area (TPSA) is 108 Å². The minimum atomic E-state index is -3.66. The summed E-state index contributed by atoms with van der Waals surface area (Å²) in [6.45, 7) is 4.39. The van der Waals surface area contributed by atoms with E-state index in [4.69, 9.17) is 9.47 Å². The zero-order valence-electron chi connectivity index (χ0n) is 19.4. The van der Waals surface area contributed by atoms with Crippen molar-refractivity contribution in [1.29, 1.82) is 0 Å². The number of aromatic nitrogens is 2. The van der Waals surface area contributed by atoms with Gasteiger partial charge < -0.3 is 14.0 Å². The summed E-state index contributed by atoms with van der Waals surface area (Å²) in [5, 5.41) is 0.805. The molecule has 0 N–H and O–H groups in total. The van der Waals surface area contributed by atoms with Gasteiger partial charge in [0.25, 0.3) is 0 Å². The molecule has 1 aromatic carbocycles. The van der Waals surface area contributed by atoms with Gasteiger partial charge in [-0.2, -0.15) is 4.31 Å². The van der Waals surface area contributed by atoms with Crippen molar-refractivity contribution in [1.82, 2.24) is 13.9 Å². The predicted octanol–water partition coefficient (Wildman–Crippen LogP) is 3.20. The van der Waals surface area contributed by atoms with Crippen molar-refractivity contribution in [3.63, 3.8) is 0 Å². The minimum absolute atomic E-state index is 0.0516. The van der Waals surface area contributed by atoms with Crippen LogP contribution in [0.25, 0.3) is 10.9 Å². The second-order valence-electron chi connectivity index (χ2n) is 8.16. The molecule has 0 bridgehead atoms. The van der Waals surface area contributed by atoms with E-state index in [1.807, 2.05) is 24.3 Å². The first kappa shape index (κ1) is 23.9. The summed E-state index contributed by atoms with van der Waals surface area (Å²) in [6, 6.07) is 8.69. The number of aryl methyl sites for hydroxylation is 2. The Hall–Kier alpha value is -3.24. The zero-order chi connectivity index (χ0) is 24.5. The lowest BCUT2D eigenvalue weighted by molar-refractivity contribution is 0.0435. The number of esters is 2. The van der Waals surface area contributed by atoms with E-state index in [1.54, 1.807) is 20.9 Å². The van der Waals surface area contributed by atoms with E-state index >= 15 is 0 Å². The first-order chi connectivity index (χ1) is 16.2. The largest absolute Gasteiger partial charge is 0.462 e. The molecule has 0 amide bonds. The molecule has 180 valence electrons. The summed E-state index contributed by atoms with van der Waals surface area (Å²) in [7, 11) is -2.08. The smallest absolute Gasteiger partial charge is 0.355 e. The lowest BCUT2D eigenvalue weighted by Crippen LogP contribution is -2.27. The van der Waals surface area contributed by atoms with Crippen LogP contribution in [-0.4, -0.2) is 53.9 Å². The molecule has 0 unspecified atom stereocenters. The first-order valence-corrected chi connectivity index (χ1v) is 12.6. The molecule has 9 nitrogen and oxygen atoms in total. The fraction of sp³-hybridized carbons (Fsp3) is 0.375. The molecule has 1 aliphatic heterocycles. The van der Waals surface area contributed by atoms with Crippen molar-refractivity contribution in [3.8, 4) is 0 Å². The molecule has 1 saturated heterocycles. The van der Waals surface area contributed by atoms with E-state index in [-0.39, 0.29) is 35.1 Å². The molecule has 4 rings (SSSR count). The number of carbonyl (C=O) groups is 2. The number of fused-ring (bicyclic) bond motifs is 1. The third-order valence-corrected chi connectivity index (χ3v) is 7.80. The molecule has 34 heavy (non-hydrogen) atoms. The number of benzene rings is 1. The fourth-order valence-electron chi connectivity index (χ4n) is 4.18. The van der Waals surface area contributed by atoms with Crippen LogP contribution in [0.4, 0.5) is 0 Å². The number of pyridine rings is 1. The Morgan fingerprint density at radius 2 is 1.79 bits per heavy atom. The normalized spacial score (nSPS) is 14.4. The van der Waals surface area contributed by atoms with Gasteiger partial charge in [-0.1, -0.05) is 18.2 Å². The van der Waals surface area contributed by atoms with E-state index in [2.05, 4.69) is 4.98 Å². The summed E-state index contributed by atoms with van der Waals surface area (Å²) in [4.78, 5) is 30.1. The van der Waals surface area contributed by atoms with Crippen LogP contribution in [0.5, 0.6) is 0 Å². The van der Waals surface area contributed by atoms with Crippen LogP contribution in [0.1, 0.15) is 51.9 Å². The Morgan fingerprint density at radius 1 is 1.09 bits per heavy atom. The number of ether oxygens (including phenoxy) is 2. The van der Waals surface area contributed by atoms with Gasteiger partial charge in [-0.3, -0.25) is 0 Å². The second kappa shape index (κ2) is 9.55. The van der Waals surface area contributed by atoms with Crippen LogP contribution in [0, 0.1) is 6.92 Å². The highest BCUT2D eigenvalue weighted by Crippen LogP contribution is 2.26. The van der Waals surface area contributed by atoms with Crippen molar-refractivity contribution in [2.75, 3.05) is 19.7 Å². The van der Waals surface area contributed by atoms with E-state index in [0.717, 1.165) is 18.2 Å². The van der Waals surface area contributed by atoms with Gasteiger partial charge in [0.15, 0.2) is 0 Å². The standard InChI is InChI=1S/C24H27N3O6S/c1-4-32-24(29)22-16(2)18-9-5-6-10-19(18)25-20(22)15-33-23(28)21-13-17(14-26(21)3)34(30,31)27-11-7-8-12-27/h5-6,9-10,13-14H,4,7-8,11-12,15H2,1-3H3. The fourth-order valence-corrected chi connectivity index (χ4v) is 5.77. The molecule has 10 heteroatoms. The number of carbonyl (C=O) groups excluding carboxylic acids is 2. The molecule has 3 heterocycles. The molecule has 2 aromatic heterocycles. The number of sulfonamides is 1. The van der Waals surface area contributed by atoms with E-state index in [1.165, 1.54) is 21.1 Å². The lowest BCUT2D eigenvalue weighted by atomic mass is 10.0. The first-order valence-electron chi connectivity index (χ1n) is 11.1. The summed E-state index contributed by atoms with van der Waals surface area (Å²) < 4.78 is 39.2. The minimum Gasteiger partial charge on any atom is -0.462 e. The van der Waals surface area contributed by atoms with Crippen molar-refractivity contribution < 1.29 is 27.5 Å². The highest BCUT2D eigenvalue weighted by Gasteiger charge is 2.30. The Bertz CT molecular complexity index is 1360. The number of hydrogen-bond acceptors (Lipinski definition) is 7. The average Bonchev–Trinajstić information content (AvgIpc) is 3.48. The number of hydrogen-bond donors (Lipinski definition) is 0. The van der Waals surface area contributed by atoms with Gasteiger partial charge in [-0.15, -0.1) is 0 Å². The van der Waals surface area contributed by atoms with Crippen molar-refractivity contribution in [2.45, 2.75) is 38.2 Å². The summed E-state index contributed by atoms with van der Waals surface area (Å²) in [5.41, 5.74) is 1.98. The van der Waals surface area contributed by atoms with Gasteiger partial charge in [0.05, 0.1) is 23.4 Å². The molecule has 1 aliphatic rings. The van der Waals surface area contributed by atoms with Crippen LogP contribution < -0.4 is 0 Å². The molecule has 0 aliphatic carbocycles. The maximum absolute atomic E-state index is 12.9. The highest BCUT2D eigenvalue weighted by molar-refractivity contribution is 7.89. The average molecular weight is 486 g/mol. The maximum atomic E-state index is 12.9. The predicted molar refractivity (Wildman–Crippen MR) is 125 cm³/mol. The molecule has 0 atom stereocenters. The van der Waals surface area contributed by atoms with E-state index in [9.17, 15) is 18.0 Å². The van der Waals surface area contributed by atoms with Crippen LogP contribution in [0.3, 0.4) is 0 Å². The SMILES string of the molecule is CCOC(=O)c1c(COC(=O)c2cc(S(=O)(=O)N3CCCC3)cn2C)nc2ccccc2c1C. The van der Waals surface area contributed by atoms with Gasteiger partial charge >= 0.3 is 11.9 Å². The van der Waals surface area contributed by atoms with Gasteiger partial charge in [0.1, 0.15) is 17.2 Å². The molecule has 3 aromatic rings. The number of para-hydroxylation sites is 1. The third kappa shape index (κ3) is 4.43. The van der Waals surface area contributed by atoms with Crippen LogP contribution in [0.2, 0.25) is 0 Å². The zero-order valence-corrected chi connectivity index (χ0v) is 20.2. The van der Waals surface area contributed by atoms with Gasteiger partial charge in [-0.05, 0) is 44.4 Å². The molecular weight excluding hydrogens is 458 g/mol. The number of nitrogens with zero attached hydrogens (tertiary/aromatic N) is 3. The molecule has 0 saturated carbocycles. The summed E-state index contributed by atoms with van der Waals surface area (Å²) in [5.74, 6) is -1.25. The van der Waals surface area contributed by atoms with Crippen molar-refractivity contribution >= 4 is 32.9 Å². The van der Waals surface area contributed by atoms with Crippen LogP contribution in [0.15, 0.2) is 41.4 Å². The summed E-state index contributed by atoms with van der Waals surface area (Å²) >= 11 is 0. The van der Waals surface area contributed by atoms with Gasteiger partial charge in [-0.25, -0.2) is 23.0 Å². The highest BCUT2D eigenvalue weighted by atomic mass is 32.2. The molecule has 0 radical (unpaired) electrons. The number of rotatable bonds is 7. The maximum Gasteiger partial charge on any atom is 0.355 e. The monoisotopic (exact) mass is 485 g/mol. The Balaban J connectivity index is 1.61. The van der Waals surface area contributed by atoms with E-state index in [0.29, 0.717) is 24.2 Å². The molecule has 1 fully saturated rings. The van der Waals surface area contributed by atoms with Crippen molar-refractivity contribution in [3.05, 3.63) is 59.0 Å². The lowest BCUT2D eigenvalue weighted by Gasteiger charge is -2.14. The third-order valence-electron chi connectivity index (χ3n) is 5.94. The Morgan fingerprint density at radius 3 is 2.50 bits per heavy atom. The van der Waals surface area contributed by atoms with Crippen LogP contribution >= 0.6 is 0 Å². The Kier molecular flexibility index (Phi) is 6.72. The van der Waals surface area contributed by atoms with Gasteiger partial charge in [0, 0.05) is 31.7 Å².